The fraction of sp³-hybridized carbons (Fsp3) is 0.692. The molecule has 5 heteroatoms. The van der Waals surface area contributed by atoms with Crippen molar-refractivity contribution in [2.75, 3.05) is 0 Å². The molecule has 0 aromatic carbocycles. The first-order valence-electron chi connectivity index (χ1n) is 6.27. The molecular formula is C13H24N2O3. The summed E-state index contributed by atoms with van der Waals surface area (Å²) < 4.78 is 0. The molecule has 5 nitrogen and oxygen atoms in total. The van der Waals surface area contributed by atoms with Crippen LogP contribution in [0.5, 0.6) is 0 Å². The van der Waals surface area contributed by atoms with Crippen molar-refractivity contribution in [2.24, 2.45) is 5.92 Å². The summed E-state index contributed by atoms with van der Waals surface area (Å²) >= 11 is 0. The maximum absolute atomic E-state index is 11.6. The molecule has 0 saturated carbocycles. The fourth-order valence-electron chi connectivity index (χ4n) is 1.47. The molecule has 0 aromatic heterocycles. The first-order chi connectivity index (χ1) is 8.36. The standard InChI is InChI=1S/C13H24N2O3/c1-5-6-11(12(16)17)15-13(18)14-10(4)8-7-9(2)3/h5,9-11H,1,6-8H2,2-4H3,(H,16,17)(H2,14,15,18). The van der Waals surface area contributed by atoms with Crippen LogP contribution >= 0.6 is 0 Å². The Kier molecular flexibility index (Phi) is 7.83. The topological polar surface area (TPSA) is 78.4 Å². The van der Waals surface area contributed by atoms with Crippen molar-refractivity contribution >= 4 is 12.0 Å². The normalized spacial score (nSPS) is 13.8. The Bertz CT molecular complexity index is 290. The van der Waals surface area contributed by atoms with E-state index in [1.165, 1.54) is 6.08 Å². The van der Waals surface area contributed by atoms with Gasteiger partial charge in [0.1, 0.15) is 6.04 Å². The Morgan fingerprint density at radius 2 is 1.83 bits per heavy atom. The molecule has 0 aliphatic heterocycles. The average molecular weight is 256 g/mol. The number of amides is 2. The van der Waals surface area contributed by atoms with Crippen LogP contribution in [0.3, 0.4) is 0 Å². The summed E-state index contributed by atoms with van der Waals surface area (Å²) in [5, 5.41) is 14.0. The van der Waals surface area contributed by atoms with Crippen LogP contribution in [0, 0.1) is 5.92 Å². The van der Waals surface area contributed by atoms with Crippen molar-refractivity contribution in [2.45, 2.75) is 52.1 Å². The summed E-state index contributed by atoms with van der Waals surface area (Å²) in [6, 6.07) is -1.33. The van der Waals surface area contributed by atoms with Crippen molar-refractivity contribution in [1.82, 2.24) is 10.6 Å². The summed E-state index contributed by atoms with van der Waals surface area (Å²) in [5.41, 5.74) is 0. The average Bonchev–Trinajstić information content (AvgIpc) is 2.25. The third-order valence-corrected chi connectivity index (χ3v) is 2.56. The number of carbonyl (C=O) groups excluding carboxylic acids is 1. The van der Waals surface area contributed by atoms with E-state index in [-0.39, 0.29) is 12.5 Å². The number of carboxylic acid groups (broad SMARTS) is 1. The zero-order chi connectivity index (χ0) is 14.1. The monoisotopic (exact) mass is 256 g/mol. The highest BCUT2D eigenvalue weighted by molar-refractivity contribution is 5.82. The molecule has 0 aliphatic rings. The lowest BCUT2D eigenvalue weighted by atomic mass is 10.0. The molecule has 2 amide bonds. The van der Waals surface area contributed by atoms with Gasteiger partial charge in [0.2, 0.25) is 0 Å². The summed E-state index contributed by atoms with van der Waals surface area (Å²) in [6.45, 7) is 9.62. The van der Waals surface area contributed by atoms with Gasteiger partial charge in [-0.05, 0) is 32.1 Å². The van der Waals surface area contributed by atoms with Gasteiger partial charge in [0, 0.05) is 6.04 Å². The van der Waals surface area contributed by atoms with Gasteiger partial charge in [-0.25, -0.2) is 9.59 Å². The van der Waals surface area contributed by atoms with Crippen molar-refractivity contribution < 1.29 is 14.7 Å². The Morgan fingerprint density at radius 1 is 1.22 bits per heavy atom. The van der Waals surface area contributed by atoms with E-state index >= 15 is 0 Å². The Labute approximate surface area is 109 Å². The molecule has 0 rings (SSSR count). The van der Waals surface area contributed by atoms with Crippen LogP contribution in [-0.2, 0) is 4.79 Å². The minimum Gasteiger partial charge on any atom is -0.480 e. The van der Waals surface area contributed by atoms with Crippen molar-refractivity contribution in [3.63, 3.8) is 0 Å². The number of hydrogen-bond donors (Lipinski definition) is 3. The molecule has 0 fully saturated rings. The zero-order valence-corrected chi connectivity index (χ0v) is 11.4. The number of urea groups is 1. The second-order valence-corrected chi connectivity index (χ2v) is 4.91. The number of carboxylic acids is 1. The summed E-state index contributed by atoms with van der Waals surface area (Å²) in [5.74, 6) is -0.468. The lowest BCUT2D eigenvalue weighted by molar-refractivity contribution is -0.139. The summed E-state index contributed by atoms with van der Waals surface area (Å²) in [4.78, 5) is 22.4. The molecule has 0 bridgehead atoms. The lowest BCUT2D eigenvalue weighted by Gasteiger charge is -2.18. The molecule has 0 aliphatic carbocycles. The van der Waals surface area contributed by atoms with Crippen LogP contribution in [0.4, 0.5) is 4.79 Å². The Balaban J connectivity index is 4.07. The second kappa shape index (κ2) is 8.55. The van der Waals surface area contributed by atoms with Gasteiger partial charge in [0.05, 0.1) is 0 Å². The molecule has 0 saturated heterocycles. The lowest BCUT2D eigenvalue weighted by Crippen LogP contribution is -2.48. The van der Waals surface area contributed by atoms with Gasteiger partial charge in [0.25, 0.3) is 0 Å². The van der Waals surface area contributed by atoms with Gasteiger partial charge < -0.3 is 15.7 Å². The van der Waals surface area contributed by atoms with Gasteiger partial charge in [-0.15, -0.1) is 6.58 Å². The molecule has 104 valence electrons. The highest BCUT2D eigenvalue weighted by Crippen LogP contribution is 2.06. The molecule has 3 N–H and O–H groups in total. The van der Waals surface area contributed by atoms with Gasteiger partial charge >= 0.3 is 12.0 Å². The Hall–Kier alpha value is -1.52. The van der Waals surface area contributed by atoms with E-state index in [2.05, 4.69) is 31.1 Å². The summed E-state index contributed by atoms with van der Waals surface area (Å²) in [7, 11) is 0. The van der Waals surface area contributed by atoms with Crippen LogP contribution in [-0.4, -0.2) is 29.2 Å². The highest BCUT2D eigenvalue weighted by Gasteiger charge is 2.18. The van der Waals surface area contributed by atoms with Gasteiger partial charge in [-0.3, -0.25) is 0 Å². The maximum Gasteiger partial charge on any atom is 0.326 e. The van der Waals surface area contributed by atoms with Gasteiger partial charge in [-0.2, -0.15) is 0 Å². The third kappa shape index (κ3) is 7.70. The quantitative estimate of drug-likeness (QED) is 0.582. The molecule has 0 spiro atoms. The molecule has 2 unspecified atom stereocenters. The van der Waals surface area contributed by atoms with E-state index in [1.54, 1.807) is 0 Å². The van der Waals surface area contributed by atoms with E-state index in [4.69, 9.17) is 5.11 Å². The van der Waals surface area contributed by atoms with E-state index in [9.17, 15) is 9.59 Å². The van der Waals surface area contributed by atoms with E-state index in [0.717, 1.165) is 12.8 Å². The largest absolute Gasteiger partial charge is 0.480 e. The minimum atomic E-state index is -1.06. The van der Waals surface area contributed by atoms with Crippen LogP contribution in [0.2, 0.25) is 0 Å². The highest BCUT2D eigenvalue weighted by atomic mass is 16.4. The number of nitrogens with one attached hydrogen (secondary N) is 2. The second-order valence-electron chi connectivity index (χ2n) is 4.91. The number of hydrogen-bond acceptors (Lipinski definition) is 2. The molecule has 0 heterocycles. The zero-order valence-electron chi connectivity index (χ0n) is 11.4. The molecular weight excluding hydrogens is 232 g/mol. The number of rotatable bonds is 8. The van der Waals surface area contributed by atoms with Crippen LogP contribution in [0.1, 0.15) is 40.0 Å². The van der Waals surface area contributed by atoms with E-state index in [1.807, 2.05) is 6.92 Å². The minimum absolute atomic E-state index is 0.0329. The number of carbonyl (C=O) groups is 2. The molecule has 0 radical (unpaired) electrons. The Morgan fingerprint density at radius 3 is 2.28 bits per heavy atom. The van der Waals surface area contributed by atoms with Crippen LogP contribution < -0.4 is 10.6 Å². The van der Waals surface area contributed by atoms with Gasteiger partial charge in [0.15, 0.2) is 0 Å². The third-order valence-electron chi connectivity index (χ3n) is 2.56. The molecule has 0 aromatic rings. The van der Waals surface area contributed by atoms with Crippen molar-refractivity contribution in [1.29, 1.82) is 0 Å². The molecule has 18 heavy (non-hydrogen) atoms. The predicted molar refractivity (Wildman–Crippen MR) is 71.4 cm³/mol. The van der Waals surface area contributed by atoms with Crippen LogP contribution in [0.15, 0.2) is 12.7 Å². The SMILES string of the molecule is C=CCC(NC(=O)NC(C)CCC(C)C)C(=O)O. The summed E-state index contributed by atoms with van der Waals surface area (Å²) in [6.07, 6.45) is 3.59. The smallest absolute Gasteiger partial charge is 0.326 e. The first-order valence-corrected chi connectivity index (χ1v) is 6.27. The number of aliphatic carboxylic acids is 1. The fourth-order valence-corrected chi connectivity index (χ4v) is 1.47. The molecule has 2 atom stereocenters. The first kappa shape index (κ1) is 16.5. The maximum atomic E-state index is 11.6. The van der Waals surface area contributed by atoms with E-state index in [0.29, 0.717) is 5.92 Å². The predicted octanol–water partition coefficient (Wildman–Crippen LogP) is 2.14. The van der Waals surface area contributed by atoms with E-state index < -0.39 is 18.0 Å². The van der Waals surface area contributed by atoms with Crippen molar-refractivity contribution in [3.8, 4) is 0 Å². The van der Waals surface area contributed by atoms with Crippen LogP contribution in [0.25, 0.3) is 0 Å². The van der Waals surface area contributed by atoms with Crippen molar-refractivity contribution in [3.05, 3.63) is 12.7 Å². The van der Waals surface area contributed by atoms with Gasteiger partial charge in [-0.1, -0.05) is 19.9 Å².